The van der Waals surface area contributed by atoms with Crippen molar-refractivity contribution in [1.82, 2.24) is 9.88 Å². The van der Waals surface area contributed by atoms with Crippen LogP contribution >= 0.6 is 0 Å². The first-order valence-electron chi connectivity index (χ1n) is 7.94. The highest BCUT2D eigenvalue weighted by Gasteiger charge is 2.22. The molecule has 21 heavy (non-hydrogen) atoms. The molecule has 0 unspecified atom stereocenters. The van der Waals surface area contributed by atoms with Gasteiger partial charge in [0.1, 0.15) is 0 Å². The molecule has 1 aliphatic carbocycles. The summed E-state index contributed by atoms with van der Waals surface area (Å²) in [7, 11) is 0. The van der Waals surface area contributed by atoms with E-state index in [2.05, 4.69) is 14.9 Å². The molecule has 0 bridgehead atoms. The average molecular weight is 288 g/mol. The molecule has 2 aliphatic rings. The number of hydrogen-bond donors (Lipinski definition) is 1. The average Bonchev–Trinajstić information content (AvgIpc) is 3.36. The molecule has 1 aromatic rings. The number of nitrogens with two attached hydrogens (primary N) is 1. The molecule has 1 saturated carbocycles. The van der Waals surface area contributed by atoms with Crippen LogP contribution in [-0.4, -0.2) is 35.5 Å². The second kappa shape index (κ2) is 6.78. The topological polar surface area (TPSA) is 63.7 Å². The van der Waals surface area contributed by atoms with Gasteiger partial charge in [0.15, 0.2) is 5.96 Å². The zero-order chi connectivity index (χ0) is 14.5. The van der Waals surface area contributed by atoms with Crippen LogP contribution in [0.25, 0.3) is 0 Å². The summed E-state index contributed by atoms with van der Waals surface area (Å²) in [6.07, 6.45) is 8.09. The number of likely N-dealkylation sites (tertiary alicyclic amines) is 1. The molecule has 0 spiro atoms. The third-order valence-electron chi connectivity index (χ3n) is 4.07. The predicted molar refractivity (Wildman–Crippen MR) is 83.2 cm³/mol. The van der Waals surface area contributed by atoms with Crippen LogP contribution in [0.5, 0.6) is 5.88 Å². The lowest BCUT2D eigenvalue weighted by atomic mass is 10.1. The number of hydrogen-bond acceptors (Lipinski definition) is 3. The molecule has 2 N–H and O–H groups in total. The number of ether oxygens (including phenoxy) is 1. The van der Waals surface area contributed by atoms with Crippen molar-refractivity contribution in [2.24, 2.45) is 16.6 Å². The lowest BCUT2D eigenvalue weighted by Crippen LogP contribution is -2.40. The summed E-state index contributed by atoms with van der Waals surface area (Å²) in [5, 5.41) is 0. The van der Waals surface area contributed by atoms with Gasteiger partial charge in [-0.25, -0.2) is 9.98 Å². The quantitative estimate of drug-likeness (QED) is 0.666. The van der Waals surface area contributed by atoms with Gasteiger partial charge in [0, 0.05) is 25.4 Å². The molecule has 0 aromatic carbocycles. The van der Waals surface area contributed by atoms with E-state index in [-0.39, 0.29) is 0 Å². The molecule has 0 radical (unpaired) electrons. The van der Waals surface area contributed by atoms with E-state index < -0.39 is 0 Å². The fourth-order valence-electron chi connectivity index (χ4n) is 2.51. The molecule has 114 valence electrons. The monoisotopic (exact) mass is 288 g/mol. The summed E-state index contributed by atoms with van der Waals surface area (Å²) in [6, 6.07) is 3.94. The summed E-state index contributed by atoms with van der Waals surface area (Å²) < 4.78 is 5.69. The Hall–Kier alpha value is -1.78. The highest BCUT2D eigenvalue weighted by Crippen LogP contribution is 2.29. The fraction of sp³-hybridized carbons (Fsp3) is 0.625. The second-order valence-electron chi connectivity index (χ2n) is 5.98. The second-order valence-corrected chi connectivity index (χ2v) is 5.98. The Kier molecular flexibility index (Phi) is 4.58. The summed E-state index contributed by atoms with van der Waals surface area (Å²) in [5.74, 6) is 2.10. The zero-order valence-corrected chi connectivity index (χ0v) is 12.5. The number of pyridine rings is 1. The van der Waals surface area contributed by atoms with Crippen molar-refractivity contribution in [3.05, 3.63) is 23.9 Å². The third kappa shape index (κ3) is 4.34. The van der Waals surface area contributed by atoms with Crippen molar-refractivity contribution in [3.63, 3.8) is 0 Å². The van der Waals surface area contributed by atoms with E-state index in [4.69, 9.17) is 10.5 Å². The van der Waals surface area contributed by atoms with E-state index >= 15 is 0 Å². The standard InChI is InChI=1S/C16H24N4O/c17-16(20-8-2-1-3-9-20)19-11-14-6-7-18-15(10-14)21-12-13-4-5-13/h6-7,10,13H,1-5,8-9,11-12H2,(H2,17,19). The van der Waals surface area contributed by atoms with Crippen LogP contribution in [0, 0.1) is 5.92 Å². The van der Waals surface area contributed by atoms with Gasteiger partial charge in [0.25, 0.3) is 0 Å². The van der Waals surface area contributed by atoms with E-state index in [9.17, 15) is 0 Å². The molecule has 5 heteroatoms. The maximum atomic E-state index is 6.07. The van der Waals surface area contributed by atoms with Gasteiger partial charge in [-0.15, -0.1) is 0 Å². The highest BCUT2D eigenvalue weighted by molar-refractivity contribution is 5.78. The molecule has 3 rings (SSSR count). The molecule has 1 aromatic heterocycles. The number of aliphatic imine (C=N–C) groups is 1. The van der Waals surface area contributed by atoms with Crippen molar-refractivity contribution in [3.8, 4) is 5.88 Å². The summed E-state index contributed by atoms with van der Waals surface area (Å²) in [4.78, 5) is 10.9. The Morgan fingerprint density at radius 1 is 1.33 bits per heavy atom. The summed E-state index contributed by atoms with van der Waals surface area (Å²) >= 11 is 0. The molecule has 2 heterocycles. The Morgan fingerprint density at radius 3 is 2.90 bits per heavy atom. The predicted octanol–water partition coefficient (Wildman–Crippen LogP) is 2.17. The first kappa shape index (κ1) is 14.2. The third-order valence-corrected chi connectivity index (χ3v) is 4.07. The highest BCUT2D eigenvalue weighted by atomic mass is 16.5. The number of piperidine rings is 1. The van der Waals surface area contributed by atoms with Gasteiger partial charge in [0.05, 0.1) is 13.2 Å². The largest absolute Gasteiger partial charge is 0.477 e. The van der Waals surface area contributed by atoms with Crippen molar-refractivity contribution < 1.29 is 4.74 Å². The molecule has 1 aliphatic heterocycles. The molecule has 0 atom stereocenters. The molecule has 1 saturated heterocycles. The Morgan fingerprint density at radius 2 is 2.14 bits per heavy atom. The minimum absolute atomic E-state index is 0.588. The fourth-order valence-corrected chi connectivity index (χ4v) is 2.51. The van der Waals surface area contributed by atoms with Crippen LogP contribution in [-0.2, 0) is 6.54 Å². The molecule has 5 nitrogen and oxygen atoms in total. The van der Waals surface area contributed by atoms with Gasteiger partial charge in [-0.2, -0.15) is 0 Å². The van der Waals surface area contributed by atoms with Crippen molar-refractivity contribution >= 4 is 5.96 Å². The Balaban J connectivity index is 1.54. The van der Waals surface area contributed by atoms with Crippen LogP contribution in [0.2, 0.25) is 0 Å². The van der Waals surface area contributed by atoms with E-state index in [0.29, 0.717) is 18.4 Å². The summed E-state index contributed by atoms with van der Waals surface area (Å²) in [6.45, 7) is 3.43. The molecule has 2 fully saturated rings. The van der Waals surface area contributed by atoms with Crippen LogP contribution in [0.15, 0.2) is 23.3 Å². The number of rotatable bonds is 5. The minimum Gasteiger partial charge on any atom is -0.477 e. The Labute approximate surface area is 126 Å². The van der Waals surface area contributed by atoms with E-state index in [1.54, 1.807) is 6.20 Å². The number of aromatic nitrogens is 1. The van der Waals surface area contributed by atoms with Crippen LogP contribution in [0.3, 0.4) is 0 Å². The molecular weight excluding hydrogens is 264 g/mol. The van der Waals surface area contributed by atoms with E-state index in [1.165, 1.54) is 32.1 Å². The molecular formula is C16H24N4O. The lowest BCUT2D eigenvalue weighted by molar-refractivity contribution is 0.288. The first-order valence-corrected chi connectivity index (χ1v) is 7.94. The van der Waals surface area contributed by atoms with Gasteiger partial charge < -0.3 is 15.4 Å². The smallest absolute Gasteiger partial charge is 0.213 e. The normalized spacial score (nSPS) is 19.6. The maximum Gasteiger partial charge on any atom is 0.213 e. The van der Waals surface area contributed by atoms with Gasteiger partial charge in [-0.05, 0) is 49.7 Å². The van der Waals surface area contributed by atoms with Gasteiger partial charge in [-0.3, -0.25) is 0 Å². The first-order chi connectivity index (χ1) is 10.3. The minimum atomic E-state index is 0.588. The zero-order valence-electron chi connectivity index (χ0n) is 12.5. The van der Waals surface area contributed by atoms with Crippen molar-refractivity contribution in [2.75, 3.05) is 19.7 Å². The number of guanidine groups is 1. The van der Waals surface area contributed by atoms with Crippen molar-refractivity contribution in [2.45, 2.75) is 38.6 Å². The van der Waals surface area contributed by atoms with Crippen LogP contribution < -0.4 is 10.5 Å². The Bertz CT molecular complexity index is 493. The summed E-state index contributed by atoms with van der Waals surface area (Å²) in [5.41, 5.74) is 7.16. The molecule has 0 amide bonds. The maximum absolute atomic E-state index is 6.07. The van der Waals surface area contributed by atoms with Gasteiger partial charge in [-0.1, -0.05) is 0 Å². The SMILES string of the molecule is NC(=NCc1ccnc(OCC2CC2)c1)N1CCCCC1. The van der Waals surface area contributed by atoms with Crippen molar-refractivity contribution in [1.29, 1.82) is 0 Å². The van der Waals surface area contributed by atoms with Crippen LogP contribution in [0.1, 0.15) is 37.7 Å². The van der Waals surface area contributed by atoms with E-state index in [0.717, 1.165) is 31.2 Å². The van der Waals surface area contributed by atoms with Crippen LogP contribution in [0.4, 0.5) is 0 Å². The van der Waals surface area contributed by atoms with E-state index in [1.807, 2.05) is 12.1 Å². The van der Waals surface area contributed by atoms with Gasteiger partial charge in [0.2, 0.25) is 5.88 Å². The van der Waals surface area contributed by atoms with Gasteiger partial charge >= 0.3 is 0 Å². The number of nitrogens with zero attached hydrogens (tertiary/aromatic N) is 3. The lowest BCUT2D eigenvalue weighted by Gasteiger charge is -2.27.